The van der Waals surface area contributed by atoms with Crippen LogP contribution in [0.2, 0.25) is 0 Å². The lowest BCUT2D eigenvalue weighted by Crippen LogP contribution is -2.55. The third-order valence-electron chi connectivity index (χ3n) is 3.19. The molecule has 1 atom stereocenters. The molecular weight excluding hydrogens is 216 g/mol. The fourth-order valence-electron chi connectivity index (χ4n) is 2.33. The summed E-state index contributed by atoms with van der Waals surface area (Å²) in [7, 11) is 0. The molecule has 0 spiro atoms. The second-order valence-corrected chi connectivity index (χ2v) is 4.20. The molecular formula is C13H18N2O2. The second kappa shape index (κ2) is 5.19. The normalized spacial score (nSPS) is 20.2. The van der Waals surface area contributed by atoms with Crippen molar-refractivity contribution in [1.82, 2.24) is 5.32 Å². The molecule has 0 aliphatic carbocycles. The molecule has 2 rings (SSSR count). The van der Waals surface area contributed by atoms with E-state index in [0.29, 0.717) is 6.54 Å². The number of aliphatic hydroxyl groups is 1. The third kappa shape index (κ3) is 2.26. The highest BCUT2D eigenvalue weighted by molar-refractivity contribution is 5.86. The number of nitrogens with one attached hydrogen (secondary N) is 1. The molecule has 17 heavy (non-hydrogen) atoms. The van der Waals surface area contributed by atoms with E-state index in [0.717, 1.165) is 24.2 Å². The zero-order valence-electron chi connectivity index (χ0n) is 10.0. The fourth-order valence-corrected chi connectivity index (χ4v) is 2.33. The summed E-state index contributed by atoms with van der Waals surface area (Å²) in [5.74, 6) is 0.0755. The van der Waals surface area contributed by atoms with E-state index in [2.05, 4.69) is 10.2 Å². The summed E-state index contributed by atoms with van der Waals surface area (Å²) < 4.78 is 0. The van der Waals surface area contributed by atoms with Crippen LogP contribution in [0.3, 0.4) is 0 Å². The summed E-state index contributed by atoms with van der Waals surface area (Å²) in [6.07, 6.45) is 0.769. The summed E-state index contributed by atoms with van der Waals surface area (Å²) in [5, 5.41) is 12.2. The van der Waals surface area contributed by atoms with E-state index in [4.69, 9.17) is 0 Å². The number of piperazine rings is 1. The van der Waals surface area contributed by atoms with Crippen molar-refractivity contribution in [3.63, 3.8) is 0 Å². The maximum absolute atomic E-state index is 11.8. The zero-order chi connectivity index (χ0) is 12.3. The van der Waals surface area contributed by atoms with Crippen molar-refractivity contribution in [3.05, 3.63) is 29.8 Å². The van der Waals surface area contributed by atoms with Gasteiger partial charge in [0.25, 0.3) is 0 Å². The van der Waals surface area contributed by atoms with Gasteiger partial charge in [0.1, 0.15) is 6.04 Å². The molecule has 1 aromatic rings. The number of hydrogen-bond acceptors (Lipinski definition) is 3. The first-order chi connectivity index (χ1) is 8.27. The predicted molar refractivity (Wildman–Crippen MR) is 66.8 cm³/mol. The first kappa shape index (κ1) is 11.9. The molecule has 0 bridgehead atoms. The first-order valence-electron chi connectivity index (χ1n) is 6.01. The van der Waals surface area contributed by atoms with Crippen molar-refractivity contribution in [1.29, 1.82) is 0 Å². The van der Waals surface area contributed by atoms with Crippen LogP contribution in [0.1, 0.15) is 18.9 Å². The molecule has 92 valence electrons. The number of carbonyl (C=O) groups excluding carboxylic acids is 1. The first-order valence-corrected chi connectivity index (χ1v) is 6.01. The van der Waals surface area contributed by atoms with Gasteiger partial charge in [-0.2, -0.15) is 0 Å². The standard InChI is InChI=1S/C13H18N2O2/c1-2-11-13(17)14-7-8-15(11)12-6-4-3-5-10(12)9-16/h3-6,11,16H,2,7-9H2,1H3,(H,14,17). The summed E-state index contributed by atoms with van der Waals surface area (Å²) >= 11 is 0. The van der Waals surface area contributed by atoms with Crippen LogP contribution >= 0.6 is 0 Å². The molecule has 1 amide bonds. The van der Waals surface area contributed by atoms with E-state index < -0.39 is 0 Å². The van der Waals surface area contributed by atoms with E-state index >= 15 is 0 Å². The average Bonchev–Trinajstić information content (AvgIpc) is 2.38. The molecule has 0 saturated carbocycles. The minimum absolute atomic E-state index is 0.00469. The smallest absolute Gasteiger partial charge is 0.242 e. The van der Waals surface area contributed by atoms with Gasteiger partial charge in [0, 0.05) is 24.3 Å². The van der Waals surface area contributed by atoms with E-state index in [-0.39, 0.29) is 18.6 Å². The number of nitrogens with zero attached hydrogens (tertiary/aromatic N) is 1. The van der Waals surface area contributed by atoms with Gasteiger partial charge >= 0.3 is 0 Å². The maximum atomic E-state index is 11.8. The van der Waals surface area contributed by atoms with E-state index in [1.54, 1.807) is 0 Å². The Labute approximate surface area is 101 Å². The molecule has 1 aliphatic heterocycles. The molecule has 1 fully saturated rings. The third-order valence-corrected chi connectivity index (χ3v) is 3.19. The van der Waals surface area contributed by atoms with Crippen LogP contribution in [0.5, 0.6) is 0 Å². The lowest BCUT2D eigenvalue weighted by Gasteiger charge is -2.37. The molecule has 4 heteroatoms. The summed E-state index contributed by atoms with van der Waals surface area (Å²) in [6, 6.07) is 7.58. The Balaban J connectivity index is 2.33. The number of hydrogen-bond donors (Lipinski definition) is 2. The van der Waals surface area contributed by atoms with Crippen LogP contribution in [0.25, 0.3) is 0 Å². The quantitative estimate of drug-likeness (QED) is 0.817. The van der Waals surface area contributed by atoms with Crippen molar-refractivity contribution >= 4 is 11.6 Å². The average molecular weight is 234 g/mol. The van der Waals surface area contributed by atoms with Gasteiger partial charge in [0.15, 0.2) is 0 Å². The number of anilines is 1. The Hall–Kier alpha value is -1.55. The molecule has 4 nitrogen and oxygen atoms in total. The Morgan fingerprint density at radius 3 is 2.94 bits per heavy atom. The minimum Gasteiger partial charge on any atom is -0.392 e. The van der Waals surface area contributed by atoms with Gasteiger partial charge in [-0.3, -0.25) is 4.79 Å². The van der Waals surface area contributed by atoms with Crippen molar-refractivity contribution in [2.45, 2.75) is 26.0 Å². The fraction of sp³-hybridized carbons (Fsp3) is 0.462. The minimum atomic E-state index is -0.128. The summed E-state index contributed by atoms with van der Waals surface area (Å²) in [5.41, 5.74) is 1.84. The van der Waals surface area contributed by atoms with Crippen LogP contribution < -0.4 is 10.2 Å². The van der Waals surface area contributed by atoms with Crippen LogP contribution in [0, 0.1) is 0 Å². The van der Waals surface area contributed by atoms with E-state index in [1.807, 2.05) is 31.2 Å². The number of amides is 1. The van der Waals surface area contributed by atoms with E-state index in [1.165, 1.54) is 0 Å². The monoisotopic (exact) mass is 234 g/mol. The number of rotatable bonds is 3. The Morgan fingerprint density at radius 2 is 2.24 bits per heavy atom. The van der Waals surface area contributed by atoms with Crippen molar-refractivity contribution in [3.8, 4) is 0 Å². The molecule has 0 aromatic heterocycles. The Bertz CT molecular complexity index is 406. The van der Waals surface area contributed by atoms with Gasteiger partial charge < -0.3 is 15.3 Å². The number of aliphatic hydroxyl groups excluding tert-OH is 1. The van der Waals surface area contributed by atoms with Gasteiger partial charge in [0.05, 0.1) is 6.61 Å². The molecule has 0 radical (unpaired) electrons. The van der Waals surface area contributed by atoms with Crippen LogP contribution in [0.15, 0.2) is 24.3 Å². The van der Waals surface area contributed by atoms with Gasteiger partial charge in [0.2, 0.25) is 5.91 Å². The summed E-state index contributed by atoms with van der Waals surface area (Å²) in [6.45, 7) is 3.46. The Kier molecular flexibility index (Phi) is 3.64. The van der Waals surface area contributed by atoms with Crippen molar-refractivity contribution < 1.29 is 9.90 Å². The molecule has 2 N–H and O–H groups in total. The van der Waals surface area contributed by atoms with Crippen LogP contribution in [-0.2, 0) is 11.4 Å². The Morgan fingerprint density at radius 1 is 1.47 bits per heavy atom. The van der Waals surface area contributed by atoms with Gasteiger partial charge in [-0.25, -0.2) is 0 Å². The molecule has 1 heterocycles. The molecule has 1 aliphatic rings. The lowest BCUT2D eigenvalue weighted by atomic mass is 10.1. The SMILES string of the molecule is CCC1C(=O)NCCN1c1ccccc1CO. The topological polar surface area (TPSA) is 52.6 Å². The highest BCUT2D eigenvalue weighted by Crippen LogP contribution is 2.24. The zero-order valence-corrected chi connectivity index (χ0v) is 10.0. The molecule has 1 unspecified atom stereocenters. The van der Waals surface area contributed by atoms with Crippen molar-refractivity contribution in [2.24, 2.45) is 0 Å². The highest BCUT2D eigenvalue weighted by Gasteiger charge is 2.28. The number of benzene rings is 1. The molecule has 1 aromatic carbocycles. The maximum Gasteiger partial charge on any atom is 0.242 e. The number of para-hydroxylation sites is 1. The second-order valence-electron chi connectivity index (χ2n) is 4.20. The van der Waals surface area contributed by atoms with E-state index in [9.17, 15) is 9.90 Å². The summed E-state index contributed by atoms with van der Waals surface area (Å²) in [4.78, 5) is 13.9. The van der Waals surface area contributed by atoms with Gasteiger partial charge in [-0.15, -0.1) is 0 Å². The largest absolute Gasteiger partial charge is 0.392 e. The molecule has 1 saturated heterocycles. The van der Waals surface area contributed by atoms with Crippen LogP contribution in [-0.4, -0.2) is 30.1 Å². The highest BCUT2D eigenvalue weighted by atomic mass is 16.3. The lowest BCUT2D eigenvalue weighted by molar-refractivity contribution is -0.123. The van der Waals surface area contributed by atoms with Gasteiger partial charge in [-0.05, 0) is 12.5 Å². The van der Waals surface area contributed by atoms with Crippen molar-refractivity contribution in [2.75, 3.05) is 18.0 Å². The van der Waals surface area contributed by atoms with Gasteiger partial charge in [-0.1, -0.05) is 25.1 Å². The predicted octanol–water partition coefficient (Wildman–Crippen LogP) is 0.894. The van der Waals surface area contributed by atoms with Crippen LogP contribution in [0.4, 0.5) is 5.69 Å². The number of carbonyl (C=O) groups is 1.